The van der Waals surface area contributed by atoms with E-state index in [0.717, 1.165) is 21.0 Å². The van der Waals surface area contributed by atoms with Crippen LogP contribution in [0.5, 0.6) is 0 Å². The predicted octanol–water partition coefficient (Wildman–Crippen LogP) is 5.08. The van der Waals surface area contributed by atoms with Crippen LogP contribution in [0.2, 0.25) is 5.02 Å². The molecule has 40 heavy (non-hydrogen) atoms. The molecule has 0 bridgehead atoms. The largest absolute Gasteiger partial charge is 0.481 e. The van der Waals surface area contributed by atoms with Crippen LogP contribution in [0.4, 0.5) is 4.79 Å². The first kappa shape index (κ1) is 27.4. The van der Waals surface area contributed by atoms with Gasteiger partial charge in [0.05, 0.1) is 11.0 Å². The van der Waals surface area contributed by atoms with Crippen molar-refractivity contribution in [3.8, 4) is 11.1 Å². The van der Waals surface area contributed by atoms with Gasteiger partial charge in [0.1, 0.15) is 11.9 Å². The molecule has 206 valence electrons. The van der Waals surface area contributed by atoms with Crippen molar-refractivity contribution in [2.75, 3.05) is 7.05 Å². The lowest BCUT2D eigenvalue weighted by molar-refractivity contribution is -0.140. The summed E-state index contributed by atoms with van der Waals surface area (Å²) in [7, 11) is -3.21. The summed E-state index contributed by atoms with van der Waals surface area (Å²) in [5.74, 6) is -1.05. The zero-order chi connectivity index (χ0) is 28.8. The summed E-state index contributed by atoms with van der Waals surface area (Å²) in [4.78, 5) is 37.3. The molecule has 1 aliphatic heterocycles. The molecule has 11 heteroatoms. The van der Waals surface area contributed by atoms with E-state index in [1.54, 1.807) is 67.6 Å². The number of carbonyl (C=O) groups excluding carboxylic acids is 2. The summed E-state index contributed by atoms with van der Waals surface area (Å²) in [5.41, 5.74) is 2.21. The van der Waals surface area contributed by atoms with Crippen molar-refractivity contribution in [2.45, 2.75) is 31.3 Å². The Hall–Kier alpha value is -4.15. The van der Waals surface area contributed by atoms with Crippen LogP contribution >= 0.6 is 11.6 Å². The number of hydrogen-bond acceptors (Lipinski definition) is 6. The molecular formula is C29H25ClN2O7S. The fraction of sp³-hybridized carbons (Fsp3) is 0.207. The van der Waals surface area contributed by atoms with Gasteiger partial charge in [-0.05, 0) is 48.1 Å². The molecule has 1 atom stereocenters. The zero-order valence-electron chi connectivity index (χ0n) is 21.5. The van der Waals surface area contributed by atoms with Gasteiger partial charge in [-0.1, -0.05) is 78.3 Å². The lowest BCUT2D eigenvalue weighted by atomic mass is 9.93. The van der Waals surface area contributed by atoms with Crippen molar-refractivity contribution in [1.29, 1.82) is 0 Å². The summed E-state index contributed by atoms with van der Waals surface area (Å²) in [5, 5.41) is 11.2. The summed E-state index contributed by atoms with van der Waals surface area (Å²) >= 11 is 6.18. The Kier molecular flexibility index (Phi) is 6.93. The van der Waals surface area contributed by atoms with Gasteiger partial charge in [-0.15, -0.1) is 0 Å². The van der Waals surface area contributed by atoms with Gasteiger partial charge in [0, 0.05) is 17.6 Å². The van der Waals surface area contributed by atoms with E-state index in [0.29, 0.717) is 23.4 Å². The summed E-state index contributed by atoms with van der Waals surface area (Å²) in [6, 6.07) is 20.7. The van der Waals surface area contributed by atoms with Crippen molar-refractivity contribution >= 4 is 44.4 Å². The third kappa shape index (κ3) is 4.73. The number of benzene rings is 3. The number of nitrogens with zero attached hydrogens (tertiary/aromatic N) is 1. The first-order valence-electron chi connectivity index (χ1n) is 12.4. The van der Waals surface area contributed by atoms with Crippen molar-refractivity contribution in [3.63, 3.8) is 0 Å². The maximum Gasteiger partial charge on any atom is 0.413 e. The Balaban J connectivity index is 1.40. The number of nitrogens with one attached hydrogen (secondary N) is 1. The Morgan fingerprint density at radius 1 is 0.975 bits per heavy atom. The highest BCUT2D eigenvalue weighted by atomic mass is 35.5. The smallest absolute Gasteiger partial charge is 0.413 e. The minimum Gasteiger partial charge on any atom is -0.481 e. The normalized spacial score (nSPS) is 17.9. The molecule has 1 saturated carbocycles. The molecule has 0 spiro atoms. The molecule has 0 radical (unpaired) electrons. The molecule has 9 nitrogen and oxygen atoms in total. The maximum atomic E-state index is 12.9. The maximum absolute atomic E-state index is 12.9. The molecule has 0 aromatic heterocycles. The van der Waals surface area contributed by atoms with Crippen molar-refractivity contribution in [3.05, 3.63) is 100 Å². The minimum atomic E-state index is -4.38. The molecule has 1 unspecified atom stereocenters. The number of ether oxygens (including phenoxy) is 1. The second-order valence-electron chi connectivity index (χ2n) is 9.72. The molecule has 1 amide bonds. The lowest BCUT2D eigenvalue weighted by Crippen LogP contribution is -2.34. The van der Waals surface area contributed by atoms with Crippen LogP contribution in [0.15, 0.2) is 78.6 Å². The number of aliphatic carboxylic acids is 1. The number of alkyl carbamates (subject to hydrolysis) is 1. The molecule has 3 aromatic rings. The lowest BCUT2D eigenvalue weighted by Gasteiger charge is -2.19. The SMILES string of the molecule is CC(OC(=O)NC1=C(c2ccc(-c3ccc(C4(C(=O)O)CC4)cc3)cc2)C(=O)S(=O)(=O)N1C)c1ccccc1Cl. The number of rotatable bonds is 7. The van der Waals surface area contributed by atoms with Crippen LogP contribution in [-0.4, -0.2) is 42.1 Å². The van der Waals surface area contributed by atoms with E-state index in [1.165, 1.54) is 7.05 Å². The molecule has 5 rings (SSSR count). The molecule has 0 saturated heterocycles. The number of halogens is 1. The quantitative estimate of drug-likeness (QED) is 0.398. The van der Waals surface area contributed by atoms with E-state index in [9.17, 15) is 27.9 Å². The Labute approximate surface area is 236 Å². The highest BCUT2D eigenvalue weighted by Crippen LogP contribution is 2.48. The van der Waals surface area contributed by atoms with E-state index in [1.807, 2.05) is 12.1 Å². The number of carbonyl (C=O) groups is 3. The van der Waals surface area contributed by atoms with Crippen LogP contribution in [-0.2, 0) is 29.8 Å². The van der Waals surface area contributed by atoms with E-state index >= 15 is 0 Å². The van der Waals surface area contributed by atoms with E-state index in [4.69, 9.17) is 16.3 Å². The van der Waals surface area contributed by atoms with Gasteiger partial charge in [0.25, 0.3) is 0 Å². The zero-order valence-corrected chi connectivity index (χ0v) is 23.1. The van der Waals surface area contributed by atoms with Crippen LogP contribution in [0.3, 0.4) is 0 Å². The predicted molar refractivity (Wildman–Crippen MR) is 149 cm³/mol. The van der Waals surface area contributed by atoms with Gasteiger partial charge in [0.15, 0.2) is 0 Å². The minimum absolute atomic E-state index is 0.191. The van der Waals surface area contributed by atoms with Gasteiger partial charge < -0.3 is 9.84 Å². The number of amides is 1. The average Bonchev–Trinajstić information content (AvgIpc) is 3.73. The van der Waals surface area contributed by atoms with E-state index in [-0.39, 0.29) is 17.0 Å². The first-order chi connectivity index (χ1) is 19.0. The second-order valence-corrected chi connectivity index (χ2v) is 12.0. The van der Waals surface area contributed by atoms with Gasteiger partial charge >= 0.3 is 27.2 Å². The van der Waals surface area contributed by atoms with Crippen LogP contribution < -0.4 is 5.32 Å². The molecule has 1 fully saturated rings. The third-order valence-electron chi connectivity index (χ3n) is 7.30. The molecule has 2 N–H and O–H groups in total. The number of hydrogen-bond donors (Lipinski definition) is 2. The first-order valence-corrected chi connectivity index (χ1v) is 14.2. The van der Waals surface area contributed by atoms with Crippen molar-refractivity contribution in [2.24, 2.45) is 0 Å². The number of carboxylic acids is 1. The fourth-order valence-corrected chi connectivity index (χ4v) is 6.13. The highest BCUT2D eigenvalue weighted by Gasteiger charge is 2.51. The topological polar surface area (TPSA) is 130 Å². The molecule has 1 aliphatic carbocycles. The Morgan fingerprint density at radius 2 is 1.52 bits per heavy atom. The van der Waals surface area contributed by atoms with Gasteiger partial charge in [-0.2, -0.15) is 8.42 Å². The molecule has 3 aromatic carbocycles. The van der Waals surface area contributed by atoms with Crippen LogP contribution in [0.1, 0.15) is 42.6 Å². The number of carboxylic acid groups (broad SMARTS) is 1. The molecule has 1 heterocycles. The highest BCUT2D eigenvalue weighted by molar-refractivity contribution is 8.05. The summed E-state index contributed by atoms with van der Waals surface area (Å²) < 4.78 is 31.5. The monoisotopic (exact) mass is 580 g/mol. The van der Waals surface area contributed by atoms with Crippen molar-refractivity contribution < 1.29 is 32.6 Å². The van der Waals surface area contributed by atoms with E-state index in [2.05, 4.69) is 5.32 Å². The Morgan fingerprint density at radius 3 is 2.08 bits per heavy atom. The van der Waals surface area contributed by atoms with E-state index < -0.39 is 38.7 Å². The third-order valence-corrected chi connectivity index (χ3v) is 9.22. The van der Waals surface area contributed by atoms with Crippen LogP contribution in [0.25, 0.3) is 16.7 Å². The summed E-state index contributed by atoms with van der Waals surface area (Å²) in [6.45, 7) is 1.62. The molecular weight excluding hydrogens is 556 g/mol. The molecule has 2 aliphatic rings. The van der Waals surface area contributed by atoms with Gasteiger partial charge in [-0.3, -0.25) is 19.2 Å². The fourth-order valence-electron chi connectivity index (χ4n) is 4.74. The summed E-state index contributed by atoms with van der Waals surface area (Å²) in [6.07, 6.45) is -0.477. The average molecular weight is 581 g/mol. The van der Waals surface area contributed by atoms with Gasteiger partial charge in [-0.25, -0.2) is 4.79 Å². The second kappa shape index (κ2) is 10.1. The van der Waals surface area contributed by atoms with Crippen LogP contribution in [0, 0.1) is 0 Å². The standard InChI is InChI=1S/C29H25ClN2O7S/c1-17(22-5-3-4-6-23(22)30)39-28(36)31-25-24(26(33)40(37,38)32(25)2)20-9-7-18(8-10-20)19-11-13-21(14-12-19)29(15-16-29)27(34)35/h3-14,17H,15-16H2,1-2H3,(H,31,36)(H,34,35). The Bertz CT molecular complexity index is 1660. The number of sulfonamides is 1. The van der Waals surface area contributed by atoms with Gasteiger partial charge in [0.2, 0.25) is 0 Å². The van der Waals surface area contributed by atoms with Crippen molar-refractivity contribution in [1.82, 2.24) is 9.62 Å².